The Kier molecular flexibility index (Phi) is 7.14. The highest BCUT2D eigenvalue weighted by atomic mass is 19.4. The SMILES string of the molecule is FC(F)(F)c1ccc(-c2cc(-n3c4ccccc4c4c5ccccc5oc43)c(-c3ccc(C(F)(F)F)cc3)cc2-n2c3ccccc3c3c4ccccc4oc32)cc1. The first kappa shape index (κ1) is 34.1. The fourth-order valence-electron chi connectivity index (χ4n) is 8.44. The Morgan fingerprint density at radius 1 is 0.379 bits per heavy atom. The first-order chi connectivity index (χ1) is 28.0. The van der Waals surface area contributed by atoms with Crippen LogP contribution in [0.4, 0.5) is 26.3 Å². The van der Waals surface area contributed by atoms with Crippen molar-refractivity contribution in [1.29, 1.82) is 0 Å². The summed E-state index contributed by atoms with van der Waals surface area (Å²) in [6, 6.07) is 44.5. The van der Waals surface area contributed by atoms with E-state index in [1.54, 1.807) is 0 Å². The van der Waals surface area contributed by atoms with Gasteiger partial charge in [-0.2, -0.15) is 26.3 Å². The highest BCUT2D eigenvalue weighted by molar-refractivity contribution is 6.21. The standard InChI is InChI=1S/C48H26F6N2O2/c49-47(50,51)29-21-17-27(18-22-29)35-26-40(56-38-14-6-2-10-32(38)44-34-12-4-8-16-42(34)58-46(44)56)36(28-19-23-30(24-20-28)48(52,53)54)25-39(35)55-37-13-5-1-9-31(37)43-33-11-3-7-15-41(33)57-45(43)55/h1-26H. The van der Waals surface area contributed by atoms with Crippen LogP contribution in [-0.4, -0.2) is 9.13 Å². The molecule has 10 heteroatoms. The molecule has 58 heavy (non-hydrogen) atoms. The van der Waals surface area contributed by atoms with E-state index in [1.165, 1.54) is 24.3 Å². The predicted molar refractivity (Wildman–Crippen MR) is 216 cm³/mol. The number of aromatic nitrogens is 2. The summed E-state index contributed by atoms with van der Waals surface area (Å²) < 4.78 is 101. The lowest BCUT2D eigenvalue weighted by molar-refractivity contribution is -0.138. The van der Waals surface area contributed by atoms with Gasteiger partial charge in [-0.3, -0.25) is 9.13 Å². The minimum Gasteiger partial charge on any atom is -0.439 e. The van der Waals surface area contributed by atoms with Gasteiger partial charge in [-0.1, -0.05) is 97.1 Å². The molecule has 11 aromatic rings. The molecule has 0 spiro atoms. The van der Waals surface area contributed by atoms with Crippen molar-refractivity contribution >= 4 is 65.9 Å². The van der Waals surface area contributed by atoms with Gasteiger partial charge >= 0.3 is 12.4 Å². The number of hydrogen-bond donors (Lipinski definition) is 0. The Morgan fingerprint density at radius 2 is 0.724 bits per heavy atom. The van der Waals surface area contributed by atoms with Gasteiger partial charge in [-0.15, -0.1) is 0 Å². The Bertz CT molecular complexity index is 3190. The molecule has 0 radical (unpaired) electrons. The van der Waals surface area contributed by atoms with E-state index in [4.69, 9.17) is 8.83 Å². The van der Waals surface area contributed by atoms with Crippen LogP contribution in [0, 0.1) is 0 Å². The number of rotatable bonds is 4. The third-order valence-electron chi connectivity index (χ3n) is 11.0. The summed E-state index contributed by atoms with van der Waals surface area (Å²) in [5, 5.41) is 5.25. The summed E-state index contributed by atoms with van der Waals surface area (Å²) in [6.45, 7) is 0. The van der Waals surface area contributed by atoms with E-state index in [0.717, 1.165) is 67.6 Å². The maximum absolute atomic E-state index is 14.0. The van der Waals surface area contributed by atoms with Crippen molar-refractivity contribution in [3.63, 3.8) is 0 Å². The maximum Gasteiger partial charge on any atom is 0.416 e. The molecule has 4 heterocycles. The molecule has 0 saturated carbocycles. The molecule has 0 bridgehead atoms. The van der Waals surface area contributed by atoms with Gasteiger partial charge in [0.2, 0.25) is 11.4 Å². The van der Waals surface area contributed by atoms with Crippen LogP contribution in [0.5, 0.6) is 0 Å². The van der Waals surface area contributed by atoms with Gasteiger partial charge in [0.25, 0.3) is 0 Å². The molecular weight excluding hydrogens is 751 g/mol. The van der Waals surface area contributed by atoms with Gasteiger partial charge in [0.1, 0.15) is 11.2 Å². The van der Waals surface area contributed by atoms with Crippen LogP contribution >= 0.6 is 0 Å². The number of furan rings is 2. The van der Waals surface area contributed by atoms with Crippen molar-refractivity contribution < 1.29 is 35.2 Å². The fraction of sp³-hybridized carbons (Fsp3) is 0.0417. The Balaban J connectivity index is 1.31. The molecule has 0 atom stereocenters. The van der Waals surface area contributed by atoms with Gasteiger partial charge in [0, 0.05) is 32.7 Å². The molecule has 0 aliphatic rings. The third-order valence-corrected chi connectivity index (χ3v) is 11.0. The van der Waals surface area contributed by atoms with E-state index in [9.17, 15) is 26.3 Å². The van der Waals surface area contributed by atoms with Gasteiger partial charge in [0.05, 0.1) is 44.3 Å². The first-order valence-electron chi connectivity index (χ1n) is 18.4. The number of para-hydroxylation sites is 4. The lowest BCUT2D eigenvalue weighted by atomic mass is 9.94. The van der Waals surface area contributed by atoms with Gasteiger partial charge in [0.15, 0.2) is 0 Å². The van der Waals surface area contributed by atoms with E-state index < -0.39 is 23.5 Å². The van der Waals surface area contributed by atoms with E-state index >= 15 is 0 Å². The molecule has 0 fully saturated rings. The molecular formula is C48H26F6N2O2. The van der Waals surface area contributed by atoms with E-state index in [2.05, 4.69) is 0 Å². The highest BCUT2D eigenvalue weighted by Crippen LogP contribution is 2.47. The van der Waals surface area contributed by atoms with Gasteiger partial charge < -0.3 is 8.83 Å². The zero-order valence-electron chi connectivity index (χ0n) is 30.0. The zero-order valence-corrected chi connectivity index (χ0v) is 30.0. The number of nitrogens with zero attached hydrogens (tertiary/aromatic N) is 2. The summed E-state index contributed by atoms with van der Waals surface area (Å²) in [6.07, 6.45) is -9.13. The minimum atomic E-state index is -4.56. The second-order valence-corrected chi connectivity index (χ2v) is 14.3. The molecule has 11 rings (SSSR count). The summed E-state index contributed by atoms with van der Waals surface area (Å²) in [4.78, 5) is 0. The monoisotopic (exact) mass is 776 g/mol. The number of halogens is 6. The molecule has 4 aromatic heterocycles. The smallest absolute Gasteiger partial charge is 0.416 e. The van der Waals surface area contributed by atoms with E-state index in [0.29, 0.717) is 56.2 Å². The van der Waals surface area contributed by atoms with Crippen LogP contribution in [0.2, 0.25) is 0 Å². The van der Waals surface area contributed by atoms with Gasteiger partial charge in [-0.25, -0.2) is 0 Å². The Labute approximate surface area is 324 Å². The van der Waals surface area contributed by atoms with Crippen molar-refractivity contribution in [1.82, 2.24) is 9.13 Å². The maximum atomic E-state index is 14.0. The fourth-order valence-corrected chi connectivity index (χ4v) is 8.44. The number of alkyl halides is 6. The Hall–Kier alpha value is -7.20. The third kappa shape index (κ3) is 5.04. The first-order valence-corrected chi connectivity index (χ1v) is 18.4. The second-order valence-electron chi connectivity index (χ2n) is 14.3. The summed E-state index contributed by atoms with van der Waals surface area (Å²) in [7, 11) is 0. The lowest BCUT2D eigenvalue weighted by Crippen LogP contribution is -2.06. The van der Waals surface area contributed by atoms with Crippen molar-refractivity contribution in [2.45, 2.75) is 12.4 Å². The largest absolute Gasteiger partial charge is 0.439 e. The van der Waals surface area contributed by atoms with Gasteiger partial charge in [-0.05, 0) is 71.8 Å². The Morgan fingerprint density at radius 3 is 1.10 bits per heavy atom. The molecule has 0 unspecified atom stereocenters. The van der Waals surface area contributed by atoms with Crippen LogP contribution in [0.15, 0.2) is 167 Å². The zero-order chi connectivity index (χ0) is 39.5. The summed E-state index contributed by atoms with van der Waals surface area (Å²) in [5.74, 6) is 0. The molecule has 0 saturated heterocycles. The highest BCUT2D eigenvalue weighted by Gasteiger charge is 2.32. The molecule has 282 valence electrons. The molecule has 0 amide bonds. The average molecular weight is 777 g/mol. The topological polar surface area (TPSA) is 36.1 Å². The van der Waals surface area contributed by atoms with Crippen LogP contribution in [0.1, 0.15) is 11.1 Å². The van der Waals surface area contributed by atoms with Crippen molar-refractivity contribution in [2.75, 3.05) is 0 Å². The lowest BCUT2D eigenvalue weighted by Gasteiger charge is -2.21. The second kappa shape index (κ2) is 12.1. The molecule has 0 N–H and O–H groups in total. The number of benzene rings is 7. The minimum absolute atomic E-state index is 0.475. The molecule has 7 aromatic carbocycles. The van der Waals surface area contributed by atoms with Crippen LogP contribution in [-0.2, 0) is 12.4 Å². The summed E-state index contributed by atoms with van der Waals surface area (Å²) >= 11 is 0. The van der Waals surface area contributed by atoms with E-state index in [1.807, 2.05) is 118 Å². The number of hydrogen-bond acceptors (Lipinski definition) is 2. The summed E-state index contributed by atoms with van der Waals surface area (Å²) in [5.41, 5.74) is 5.38. The van der Waals surface area contributed by atoms with Crippen molar-refractivity contribution in [3.05, 3.63) is 169 Å². The van der Waals surface area contributed by atoms with E-state index in [-0.39, 0.29) is 0 Å². The van der Waals surface area contributed by atoms with Crippen molar-refractivity contribution in [2.24, 2.45) is 0 Å². The van der Waals surface area contributed by atoms with Crippen molar-refractivity contribution in [3.8, 4) is 33.6 Å². The quantitative estimate of drug-likeness (QED) is 0.167. The normalized spacial score (nSPS) is 12.7. The van der Waals surface area contributed by atoms with Crippen LogP contribution < -0.4 is 0 Å². The predicted octanol–water partition coefficient (Wildman–Crippen LogP) is 14.7. The number of fused-ring (bicyclic) bond motifs is 10. The molecule has 4 nitrogen and oxygen atoms in total. The molecule has 0 aliphatic heterocycles. The average Bonchev–Trinajstić information content (AvgIpc) is 3.96. The van der Waals surface area contributed by atoms with Crippen LogP contribution in [0.3, 0.4) is 0 Å². The molecule has 0 aliphatic carbocycles. The van der Waals surface area contributed by atoms with Crippen LogP contribution in [0.25, 0.3) is 99.6 Å².